The fraction of sp³-hybridized carbons (Fsp3) is 0.214. The van der Waals surface area contributed by atoms with Gasteiger partial charge in [0.15, 0.2) is 0 Å². The summed E-state index contributed by atoms with van der Waals surface area (Å²) in [6.45, 7) is 2.34. The average molecular weight is 276 g/mol. The molecule has 0 atom stereocenters. The predicted octanol–water partition coefficient (Wildman–Crippen LogP) is 2.41. The Balaban J connectivity index is 1.91. The van der Waals surface area contributed by atoms with Gasteiger partial charge in [0, 0.05) is 36.1 Å². The molecule has 0 unspecified atom stereocenters. The molecule has 1 N–H and O–H groups in total. The minimum atomic E-state index is -0.150. The summed E-state index contributed by atoms with van der Waals surface area (Å²) in [5, 5.41) is 3.17. The van der Waals surface area contributed by atoms with E-state index >= 15 is 0 Å². The number of nitrogens with zero attached hydrogens (tertiary/aromatic N) is 2. The lowest BCUT2D eigenvalue weighted by Crippen LogP contribution is -2.26. The molecule has 98 valence electrons. The van der Waals surface area contributed by atoms with Crippen LogP contribution in [0.3, 0.4) is 0 Å². The molecule has 2 aromatic heterocycles. The lowest BCUT2D eigenvalue weighted by Gasteiger charge is -2.06. The molecule has 0 aliphatic rings. The fourth-order valence-electron chi connectivity index (χ4n) is 1.71. The van der Waals surface area contributed by atoms with E-state index in [4.69, 9.17) is 11.6 Å². The van der Waals surface area contributed by atoms with Gasteiger partial charge >= 0.3 is 0 Å². The van der Waals surface area contributed by atoms with E-state index in [0.717, 1.165) is 11.4 Å². The van der Waals surface area contributed by atoms with Crippen LogP contribution in [0.1, 0.15) is 21.7 Å². The van der Waals surface area contributed by atoms with E-state index in [9.17, 15) is 4.79 Å². The molecule has 2 aromatic rings. The summed E-state index contributed by atoms with van der Waals surface area (Å²) < 4.78 is 0. The lowest BCUT2D eigenvalue weighted by molar-refractivity contribution is 0.0954. The summed E-state index contributed by atoms with van der Waals surface area (Å²) in [5.41, 5.74) is 2.20. The largest absolute Gasteiger partial charge is 0.352 e. The van der Waals surface area contributed by atoms with E-state index in [1.165, 1.54) is 0 Å². The van der Waals surface area contributed by atoms with Crippen molar-refractivity contribution in [2.45, 2.75) is 13.3 Å². The van der Waals surface area contributed by atoms with Crippen molar-refractivity contribution in [3.8, 4) is 0 Å². The molecule has 0 saturated heterocycles. The van der Waals surface area contributed by atoms with Crippen LogP contribution in [0.4, 0.5) is 0 Å². The molecule has 0 aromatic carbocycles. The molecule has 0 aliphatic carbocycles. The molecule has 2 heterocycles. The standard InChI is InChI=1S/C14H14ClN3O/c1-10-8-11(9-13(15)18-10)14(19)17-7-5-12-4-2-3-6-16-12/h2-4,6,8-9H,5,7H2,1H3,(H,17,19). The maximum atomic E-state index is 11.9. The first kappa shape index (κ1) is 13.5. The highest BCUT2D eigenvalue weighted by atomic mass is 35.5. The summed E-state index contributed by atoms with van der Waals surface area (Å²) >= 11 is 5.82. The van der Waals surface area contributed by atoms with Gasteiger partial charge in [-0.3, -0.25) is 9.78 Å². The zero-order valence-corrected chi connectivity index (χ0v) is 11.3. The van der Waals surface area contributed by atoms with Gasteiger partial charge in [-0.2, -0.15) is 0 Å². The molecular weight excluding hydrogens is 262 g/mol. The number of aryl methyl sites for hydroxylation is 1. The molecule has 5 heteroatoms. The number of pyridine rings is 2. The van der Waals surface area contributed by atoms with Crippen LogP contribution in [0.2, 0.25) is 5.15 Å². The third kappa shape index (κ3) is 4.03. The fourth-order valence-corrected chi connectivity index (χ4v) is 1.96. The van der Waals surface area contributed by atoms with E-state index in [-0.39, 0.29) is 5.91 Å². The van der Waals surface area contributed by atoms with Crippen molar-refractivity contribution in [3.63, 3.8) is 0 Å². The van der Waals surface area contributed by atoms with Crippen LogP contribution < -0.4 is 5.32 Å². The molecule has 1 amide bonds. The molecule has 19 heavy (non-hydrogen) atoms. The Morgan fingerprint density at radius 1 is 1.37 bits per heavy atom. The smallest absolute Gasteiger partial charge is 0.251 e. The van der Waals surface area contributed by atoms with Crippen LogP contribution in [-0.4, -0.2) is 22.4 Å². The Kier molecular flexibility index (Phi) is 4.47. The second-order valence-corrected chi connectivity index (χ2v) is 4.53. The summed E-state index contributed by atoms with van der Waals surface area (Å²) in [4.78, 5) is 20.1. The highest BCUT2D eigenvalue weighted by Gasteiger charge is 2.07. The van der Waals surface area contributed by atoms with Crippen molar-refractivity contribution >= 4 is 17.5 Å². The number of carbonyl (C=O) groups is 1. The van der Waals surface area contributed by atoms with Crippen molar-refractivity contribution < 1.29 is 4.79 Å². The normalized spacial score (nSPS) is 10.2. The maximum absolute atomic E-state index is 11.9. The lowest BCUT2D eigenvalue weighted by atomic mass is 10.2. The molecule has 0 aliphatic heterocycles. The summed E-state index contributed by atoms with van der Waals surface area (Å²) in [7, 11) is 0. The van der Waals surface area contributed by atoms with E-state index in [1.807, 2.05) is 18.2 Å². The second kappa shape index (κ2) is 6.29. The van der Waals surface area contributed by atoms with Gasteiger partial charge in [0.25, 0.3) is 5.91 Å². The number of halogens is 1. The number of rotatable bonds is 4. The highest BCUT2D eigenvalue weighted by Crippen LogP contribution is 2.10. The SMILES string of the molecule is Cc1cc(C(=O)NCCc2ccccn2)cc(Cl)n1. The number of carbonyl (C=O) groups excluding carboxylic acids is 1. The maximum Gasteiger partial charge on any atom is 0.251 e. The van der Waals surface area contributed by atoms with Crippen LogP contribution >= 0.6 is 11.6 Å². The second-order valence-electron chi connectivity index (χ2n) is 4.15. The number of hydrogen-bond acceptors (Lipinski definition) is 3. The molecular formula is C14H14ClN3O. The predicted molar refractivity (Wildman–Crippen MR) is 74.3 cm³/mol. The molecule has 0 fully saturated rings. The van der Waals surface area contributed by atoms with Crippen LogP contribution in [0.25, 0.3) is 0 Å². The number of amides is 1. The Morgan fingerprint density at radius 2 is 2.21 bits per heavy atom. The van der Waals surface area contributed by atoms with Gasteiger partial charge in [0.05, 0.1) is 0 Å². The third-order valence-corrected chi connectivity index (χ3v) is 2.77. The highest BCUT2D eigenvalue weighted by molar-refractivity contribution is 6.29. The number of hydrogen-bond donors (Lipinski definition) is 1. The van der Waals surface area contributed by atoms with Gasteiger partial charge < -0.3 is 5.32 Å². The topological polar surface area (TPSA) is 54.9 Å². The van der Waals surface area contributed by atoms with E-state index in [0.29, 0.717) is 23.7 Å². The Labute approximate surface area is 116 Å². The molecule has 0 bridgehead atoms. The zero-order chi connectivity index (χ0) is 13.7. The van der Waals surface area contributed by atoms with Crippen LogP contribution in [0.15, 0.2) is 36.5 Å². The first-order valence-corrected chi connectivity index (χ1v) is 6.35. The van der Waals surface area contributed by atoms with Crippen molar-refractivity contribution in [2.75, 3.05) is 6.54 Å². The Morgan fingerprint density at radius 3 is 2.89 bits per heavy atom. The molecule has 0 saturated carbocycles. The van der Waals surface area contributed by atoms with Gasteiger partial charge in [-0.25, -0.2) is 4.98 Å². The van der Waals surface area contributed by atoms with Crippen LogP contribution in [-0.2, 0) is 6.42 Å². The summed E-state index contributed by atoms with van der Waals surface area (Å²) in [6, 6.07) is 8.99. The average Bonchev–Trinajstić information content (AvgIpc) is 2.38. The molecule has 2 rings (SSSR count). The van der Waals surface area contributed by atoms with Gasteiger partial charge in [-0.1, -0.05) is 17.7 Å². The molecule has 0 radical (unpaired) electrons. The Hall–Kier alpha value is -1.94. The van der Waals surface area contributed by atoms with Crippen LogP contribution in [0.5, 0.6) is 0 Å². The van der Waals surface area contributed by atoms with Gasteiger partial charge in [0.2, 0.25) is 0 Å². The number of nitrogens with one attached hydrogen (secondary N) is 1. The van der Waals surface area contributed by atoms with Gasteiger partial charge in [-0.05, 0) is 31.2 Å². The van der Waals surface area contributed by atoms with Crippen molar-refractivity contribution in [1.29, 1.82) is 0 Å². The van der Waals surface area contributed by atoms with Gasteiger partial charge in [0.1, 0.15) is 5.15 Å². The molecule has 4 nitrogen and oxygen atoms in total. The number of aromatic nitrogens is 2. The minimum Gasteiger partial charge on any atom is -0.352 e. The van der Waals surface area contributed by atoms with Gasteiger partial charge in [-0.15, -0.1) is 0 Å². The first-order valence-electron chi connectivity index (χ1n) is 5.97. The van der Waals surface area contributed by atoms with Crippen molar-refractivity contribution in [1.82, 2.24) is 15.3 Å². The minimum absolute atomic E-state index is 0.150. The summed E-state index contributed by atoms with van der Waals surface area (Å²) in [6.07, 6.45) is 2.44. The monoisotopic (exact) mass is 275 g/mol. The summed E-state index contributed by atoms with van der Waals surface area (Å²) in [5.74, 6) is -0.150. The molecule has 0 spiro atoms. The van der Waals surface area contributed by atoms with E-state index in [2.05, 4.69) is 15.3 Å². The van der Waals surface area contributed by atoms with Crippen molar-refractivity contribution in [2.24, 2.45) is 0 Å². The van der Waals surface area contributed by atoms with Crippen LogP contribution in [0, 0.1) is 6.92 Å². The van der Waals surface area contributed by atoms with E-state index < -0.39 is 0 Å². The zero-order valence-electron chi connectivity index (χ0n) is 10.6. The quantitative estimate of drug-likeness (QED) is 0.872. The first-order chi connectivity index (χ1) is 9.15. The van der Waals surface area contributed by atoms with Crippen molar-refractivity contribution in [3.05, 3.63) is 58.6 Å². The van der Waals surface area contributed by atoms with E-state index in [1.54, 1.807) is 25.3 Å². The third-order valence-electron chi connectivity index (χ3n) is 2.58. The Bertz CT molecular complexity index is 552.